The van der Waals surface area contributed by atoms with E-state index in [1.807, 2.05) is 0 Å². The average Bonchev–Trinajstić information content (AvgIpc) is 2.56. The van der Waals surface area contributed by atoms with Gasteiger partial charge in [-0.25, -0.2) is 8.78 Å². The highest BCUT2D eigenvalue weighted by Crippen LogP contribution is 2.19. The average molecular weight is 181 g/mol. The van der Waals surface area contributed by atoms with Crippen molar-refractivity contribution >= 4 is 0 Å². The lowest BCUT2D eigenvalue weighted by molar-refractivity contribution is 0.585. The van der Waals surface area contributed by atoms with Gasteiger partial charge in [-0.05, 0) is 12.1 Å². The summed E-state index contributed by atoms with van der Waals surface area (Å²) in [5.74, 6) is -1.25. The van der Waals surface area contributed by atoms with Gasteiger partial charge in [0.25, 0.3) is 0 Å². The highest BCUT2D eigenvalue weighted by atomic mass is 19.1. The van der Waals surface area contributed by atoms with Crippen molar-refractivity contribution in [2.75, 3.05) is 0 Å². The van der Waals surface area contributed by atoms with E-state index >= 15 is 0 Å². The number of rotatable bonds is 1. The zero-order chi connectivity index (χ0) is 9.26. The van der Waals surface area contributed by atoms with Crippen LogP contribution in [0, 0.1) is 11.6 Å². The van der Waals surface area contributed by atoms with Gasteiger partial charge in [0.2, 0.25) is 0 Å². The van der Waals surface area contributed by atoms with Crippen LogP contribution in [0.2, 0.25) is 0 Å². The summed E-state index contributed by atoms with van der Waals surface area (Å²) in [6, 6.07) is 3.31. The maximum Gasteiger partial charge on any atom is 0.135 e. The van der Waals surface area contributed by atoms with Crippen molar-refractivity contribution in [1.29, 1.82) is 0 Å². The van der Waals surface area contributed by atoms with Gasteiger partial charge in [0.05, 0.1) is 6.20 Å². The summed E-state index contributed by atoms with van der Waals surface area (Å²) in [4.78, 5) is 0. The summed E-state index contributed by atoms with van der Waals surface area (Å²) in [5.41, 5.74) is 0.590. The number of benzene rings is 1. The first-order chi connectivity index (χ1) is 6.27. The summed E-state index contributed by atoms with van der Waals surface area (Å²) in [6.07, 6.45) is 1.44. The number of hydrogen-bond donors (Lipinski definition) is 1. The van der Waals surface area contributed by atoms with Crippen LogP contribution in [-0.4, -0.2) is 15.4 Å². The van der Waals surface area contributed by atoms with Crippen molar-refractivity contribution in [2.24, 2.45) is 0 Å². The Bertz CT molecular complexity index is 411. The number of nitrogens with one attached hydrogen (secondary N) is 1. The predicted octanol–water partition coefficient (Wildman–Crippen LogP) is 1.75. The number of aromatic nitrogens is 3. The molecule has 1 N–H and O–H groups in total. The Morgan fingerprint density at radius 3 is 2.69 bits per heavy atom. The van der Waals surface area contributed by atoms with E-state index in [-0.39, 0.29) is 5.56 Å². The molecule has 1 aromatic carbocycles. The molecule has 3 nitrogen and oxygen atoms in total. The molecular weight excluding hydrogens is 176 g/mol. The largest absolute Gasteiger partial charge is 0.265 e. The van der Waals surface area contributed by atoms with E-state index in [1.54, 1.807) is 0 Å². The van der Waals surface area contributed by atoms with Crippen LogP contribution < -0.4 is 0 Å². The summed E-state index contributed by atoms with van der Waals surface area (Å²) in [5, 5.41) is 9.48. The zero-order valence-electron chi connectivity index (χ0n) is 6.46. The second kappa shape index (κ2) is 2.93. The third kappa shape index (κ3) is 1.40. The lowest BCUT2D eigenvalue weighted by atomic mass is 10.1. The van der Waals surface area contributed by atoms with Gasteiger partial charge in [-0.3, -0.25) is 5.10 Å². The molecular formula is C8H5F2N3. The molecule has 5 heteroatoms. The van der Waals surface area contributed by atoms with E-state index in [1.165, 1.54) is 18.3 Å². The molecule has 0 fully saturated rings. The fourth-order valence-corrected chi connectivity index (χ4v) is 1.03. The summed E-state index contributed by atoms with van der Waals surface area (Å²) in [6.45, 7) is 0. The lowest BCUT2D eigenvalue weighted by Crippen LogP contribution is -1.86. The minimum atomic E-state index is -0.645. The maximum atomic E-state index is 13.1. The van der Waals surface area contributed by atoms with Crippen LogP contribution in [0.25, 0.3) is 11.3 Å². The Kier molecular flexibility index (Phi) is 1.77. The Hall–Kier alpha value is -1.78. The third-order valence-electron chi connectivity index (χ3n) is 1.62. The third-order valence-corrected chi connectivity index (χ3v) is 1.62. The van der Waals surface area contributed by atoms with E-state index in [9.17, 15) is 8.78 Å². The number of H-pyrrole nitrogens is 1. The van der Waals surface area contributed by atoms with Gasteiger partial charge in [0.15, 0.2) is 0 Å². The Morgan fingerprint density at radius 2 is 2.08 bits per heavy atom. The summed E-state index contributed by atoms with van der Waals surface area (Å²) in [7, 11) is 0. The quantitative estimate of drug-likeness (QED) is 0.728. The van der Waals surface area contributed by atoms with E-state index in [0.29, 0.717) is 5.69 Å². The van der Waals surface area contributed by atoms with Gasteiger partial charge in [-0.1, -0.05) is 5.21 Å². The molecule has 13 heavy (non-hydrogen) atoms. The van der Waals surface area contributed by atoms with Crippen LogP contribution in [0.1, 0.15) is 0 Å². The van der Waals surface area contributed by atoms with E-state index < -0.39 is 11.6 Å². The maximum absolute atomic E-state index is 13.1. The van der Waals surface area contributed by atoms with Crippen molar-refractivity contribution in [3.63, 3.8) is 0 Å². The molecule has 0 amide bonds. The molecule has 0 saturated heterocycles. The van der Waals surface area contributed by atoms with Gasteiger partial charge in [0.1, 0.15) is 17.3 Å². The van der Waals surface area contributed by atoms with Crippen molar-refractivity contribution in [2.45, 2.75) is 0 Å². The van der Waals surface area contributed by atoms with Crippen LogP contribution in [0.4, 0.5) is 8.78 Å². The number of halogens is 2. The molecule has 1 aromatic heterocycles. The second-order valence-corrected chi connectivity index (χ2v) is 2.48. The molecule has 2 rings (SSSR count). The van der Waals surface area contributed by atoms with Crippen molar-refractivity contribution in [3.05, 3.63) is 36.0 Å². The molecule has 0 atom stereocenters. The second-order valence-electron chi connectivity index (χ2n) is 2.48. The van der Waals surface area contributed by atoms with Gasteiger partial charge in [-0.15, -0.1) is 5.10 Å². The zero-order valence-corrected chi connectivity index (χ0v) is 6.46. The molecule has 1 heterocycles. The summed E-state index contributed by atoms with van der Waals surface area (Å²) < 4.78 is 25.6. The predicted molar refractivity (Wildman–Crippen MR) is 41.7 cm³/mol. The van der Waals surface area contributed by atoms with Crippen LogP contribution in [-0.2, 0) is 0 Å². The Balaban J connectivity index is 2.53. The lowest BCUT2D eigenvalue weighted by Gasteiger charge is -1.97. The van der Waals surface area contributed by atoms with Crippen molar-refractivity contribution in [1.82, 2.24) is 15.4 Å². The molecule has 0 aliphatic carbocycles. The number of nitrogens with zero attached hydrogens (tertiary/aromatic N) is 2. The first kappa shape index (κ1) is 7.85. The fraction of sp³-hybridized carbons (Fsp3) is 0. The van der Waals surface area contributed by atoms with Crippen LogP contribution in [0.5, 0.6) is 0 Å². The first-order valence-electron chi connectivity index (χ1n) is 3.59. The molecule has 2 aromatic rings. The van der Waals surface area contributed by atoms with E-state index in [4.69, 9.17) is 0 Å². The molecule has 0 saturated carbocycles. The fourth-order valence-electron chi connectivity index (χ4n) is 1.03. The van der Waals surface area contributed by atoms with Crippen LogP contribution in [0.3, 0.4) is 0 Å². The van der Waals surface area contributed by atoms with Crippen LogP contribution in [0.15, 0.2) is 24.4 Å². The van der Waals surface area contributed by atoms with Crippen molar-refractivity contribution < 1.29 is 8.78 Å². The molecule has 0 spiro atoms. The smallest absolute Gasteiger partial charge is 0.135 e. The topological polar surface area (TPSA) is 41.6 Å². The van der Waals surface area contributed by atoms with Crippen LogP contribution >= 0.6 is 0 Å². The molecule has 0 unspecified atom stereocenters. The first-order valence-corrected chi connectivity index (χ1v) is 3.59. The standard InChI is InChI=1S/C8H5F2N3/c9-5-1-2-6(7(10)3-5)8-4-11-13-12-8/h1-4H,(H,11,12,13). The Morgan fingerprint density at radius 1 is 1.23 bits per heavy atom. The molecule has 0 aliphatic heterocycles. The minimum Gasteiger partial charge on any atom is -0.265 e. The van der Waals surface area contributed by atoms with Gasteiger partial charge >= 0.3 is 0 Å². The SMILES string of the molecule is Fc1ccc(-c2c[nH]nn2)c(F)c1. The van der Waals surface area contributed by atoms with Gasteiger partial charge in [0, 0.05) is 11.6 Å². The number of hydrogen-bond acceptors (Lipinski definition) is 2. The Labute approximate surface area is 72.4 Å². The normalized spacial score (nSPS) is 10.3. The minimum absolute atomic E-state index is 0.232. The number of aromatic amines is 1. The molecule has 0 bridgehead atoms. The van der Waals surface area contributed by atoms with E-state index in [0.717, 1.165) is 6.07 Å². The monoisotopic (exact) mass is 181 g/mol. The highest BCUT2D eigenvalue weighted by Gasteiger charge is 2.07. The summed E-state index contributed by atoms with van der Waals surface area (Å²) >= 11 is 0. The van der Waals surface area contributed by atoms with E-state index in [2.05, 4.69) is 15.4 Å². The molecule has 0 aliphatic rings. The van der Waals surface area contributed by atoms with Gasteiger partial charge < -0.3 is 0 Å². The molecule has 0 radical (unpaired) electrons. The van der Waals surface area contributed by atoms with Gasteiger partial charge in [-0.2, -0.15) is 0 Å². The highest BCUT2D eigenvalue weighted by molar-refractivity contribution is 5.58. The van der Waals surface area contributed by atoms with Crippen molar-refractivity contribution in [3.8, 4) is 11.3 Å². The molecule has 66 valence electrons.